The van der Waals surface area contributed by atoms with Gasteiger partial charge in [0.2, 0.25) is 0 Å². The largest absolute Gasteiger partial charge is 0.0654 e. The SMILES string of the molecule is CCCCCCCC(Cc1ccccc1)c1ccccc1. The smallest absolute Gasteiger partial charge is 0.0121 e. The van der Waals surface area contributed by atoms with Gasteiger partial charge in [0.05, 0.1) is 0 Å². The minimum absolute atomic E-state index is 0.662. The Labute approximate surface area is 130 Å². The van der Waals surface area contributed by atoms with E-state index in [1.165, 1.54) is 56.1 Å². The van der Waals surface area contributed by atoms with E-state index in [1.807, 2.05) is 0 Å². The van der Waals surface area contributed by atoms with Gasteiger partial charge in [-0.2, -0.15) is 0 Å². The summed E-state index contributed by atoms with van der Waals surface area (Å²) in [5, 5.41) is 0. The molecule has 0 aromatic heterocycles. The summed E-state index contributed by atoms with van der Waals surface area (Å²) in [6.07, 6.45) is 9.31. The lowest BCUT2D eigenvalue weighted by Gasteiger charge is -2.17. The maximum atomic E-state index is 2.29. The first kappa shape index (κ1) is 15.8. The van der Waals surface area contributed by atoms with Crippen molar-refractivity contribution in [3.8, 4) is 0 Å². The lowest BCUT2D eigenvalue weighted by molar-refractivity contribution is 0.542. The molecule has 2 aromatic carbocycles. The van der Waals surface area contributed by atoms with Crippen molar-refractivity contribution in [2.75, 3.05) is 0 Å². The van der Waals surface area contributed by atoms with Gasteiger partial charge in [-0.05, 0) is 29.9 Å². The summed E-state index contributed by atoms with van der Waals surface area (Å²) < 4.78 is 0. The molecule has 21 heavy (non-hydrogen) atoms. The van der Waals surface area contributed by atoms with Gasteiger partial charge in [-0.15, -0.1) is 0 Å². The van der Waals surface area contributed by atoms with Crippen LogP contribution < -0.4 is 0 Å². The summed E-state index contributed by atoms with van der Waals surface area (Å²) in [5.74, 6) is 0.662. The predicted octanol–water partition coefficient (Wildman–Crippen LogP) is 6.37. The first-order valence-corrected chi connectivity index (χ1v) is 8.49. The third-order valence-electron chi connectivity index (χ3n) is 4.25. The fraction of sp³-hybridized carbons (Fsp3) is 0.429. The van der Waals surface area contributed by atoms with Crippen LogP contribution in [0, 0.1) is 0 Å². The van der Waals surface area contributed by atoms with Gasteiger partial charge in [-0.3, -0.25) is 0 Å². The highest BCUT2D eigenvalue weighted by Gasteiger charge is 2.11. The van der Waals surface area contributed by atoms with E-state index in [0.29, 0.717) is 5.92 Å². The average Bonchev–Trinajstić information content (AvgIpc) is 2.55. The molecular weight excluding hydrogens is 252 g/mol. The predicted molar refractivity (Wildman–Crippen MR) is 92.7 cm³/mol. The van der Waals surface area contributed by atoms with Crippen LogP contribution in [0.5, 0.6) is 0 Å². The third kappa shape index (κ3) is 5.75. The van der Waals surface area contributed by atoms with Gasteiger partial charge in [0.1, 0.15) is 0 Å². The van der Waals surface area contributed by atoms with E-state index in [9.17, 15) is 0 Å². The van der Waals surface area contributed by atoms with E-state index in [2.05, 4.69) is 67.6 Å². The Hall–Kier alpha value is -1.56. The van der Waals surface area contributed by atoms with Gasteiger partial charge in [0, 0.05) is 0 Å². The first-order chi connectivity index (χ1) is 10.4. The molecule has 0 spiro atoms. The van der Waals surface area contributed by atoms with Crippen LogP contribution in [0.1, 0.15) is 62.5 Å². The van der Waals surface area contributed by atoms with E-state index in [-0.39, 0.29) is 0 Å². The topological polar surface area (TPSA) is 0 Å². The monoisotopic (exact) mass is 280 g/mol. The molecule has 0 saturated heterocycles. The summed E-state index contributed by atoms with van der Waals surface area (Å²) in [4.78, 5) is 0. The van der Waals surface area contributed by atoms with Crippen molar-refractivity contribution in [1.29, 1.82) is 0 Å². The molecule has 0 heteroatoms. The van der Waals surface area contributed by atoms with Crippen molar-refractivity contribution in [2.45, 2.75) is 57.8 Å². The zero-order valence-electron chi connectivity index (χ0n) is 13.3. The third-order valence-corrected chi connectivity index (χ3v) is 4.25. The number of rotatable bonds is 9. The molecule has 0 amide bonds. The molecule has 0 bridgehead atoms. The van der Waals surface area contributed by atoms with Crippen molar-refractivity contribution in [3.05, 3.63) is 71.8 Å². The Bertz CT molecular complexity index is 472. The highest BCUT2D eigenvalue weighted by Crippen LogP contribution is 2.26. The number of hydrogen-bond acceptors (Lipinski definition) is 0. The van der Waals surface area contributed by atoms with E-state index in [0.717, 1.165) is 0 Å². The Morgan fingerprint density at radius 3 is 2.00 bits per heavy atom. The first-order valence-electron chi connectivity index (χ1n) is 8.49. The lowest BCUT2D eigenvalue weighted by atomic mass is 9.87. The molecule has 0 aliphatic carbocycles. The molecule has 0 saturated carbocycles. The maximum absolute atomic E-state index is 2.29. The molecule has 1 unspecified atom stereocenters. The average molecular weight is 280 g/mol. The molecule has 2 aromatic rings. The Balaban J connectivity index is 1.94. The molecule has 112 valence electrons. The second-order valence-electron chi connectivity index (χ2n) is 6.00. The summed E-state index contributed by atoms with van der Waals surface area (Å²) in [6, 6.07) is 22.0. The normalized spacial score (nSPS) is 12.2. The summed E-state index contributed by atoms with van der Waals surface area (Å²) in [6.45, 7) is 2.28. The van der Waals surface area contributed by atoms with Gasteiger partial charge >= 0.3 is 0 Å². The van der Waals surface area contributed by atoms with Crippen molar-refractivity contribution in [2.24, 2.45) is 0 Å². The van der Waals surface area contributed by atoms with Crippen LogP contribution in [0.3, 0.4) is 0 Å². The van der Waals surface area contributed by atoms with Crippen LogP contribution in [0.15, 0.2) is 60.7 Å². The van der Waals surface area contributed by atoms with E-state index in [4.69, 9.17) is 0 Å². The number of hydrogen-bond donors (Lipinski definition) is 0. The molecule has 2 rings (SSSR count). The minimum atomic E-state index is 0.662. The molecule has 0 N–H and O–H groups in total. The van der Waals surface area contributed by atoms with Crippen LogP contribution in [0.2, 0.25) is 0 Å². The van der Waals surface area contributed by atoms with Gasteiger partial charge in [0.15, 0.2) is 0 Å². The van der Waals surface area contributed by atoms with Crippen LogP contribution in [0.25, 0.3) is 0 Å². The zero-order chi connectivity index (χ0) is 14.8. The van der Waals surface area contributed by atoms with Gasteiger partial charge < -0.3 is 0 Å². The standard InChI is InChI=1S/C21H28/c1-2-3-4-5-10-17-21(20-15-11-7-12-16-20)18-19-13-8-6-9-14-19/h6-9,11-16,21H,2-5,10,17-18H2,1H3. The van der Waals surface area contributed by atoms with Crippen LogP contribution in [-0.2, 0) is 6.42 Å². The fourth-order valence-corrected chi connectivity index (χ4v) is 3.00. The van der Waals surface area contributed by atoms with Crippen molar-refractivity contribution >= 4 is 0 Å². The fourth-order valence-electron chi connectivity index (χ4n) is 3.00. The maximum Gasteiger partial charge on any atom is -0.0121 e. The van der Waals surface area contributed by atoms with Crippen LogP contribution >= 0.6 is 0 Å². The molecule has 1 atom stereocenters. The van der Waals surface area contributed by atoms with E-state index < -0.39 is 0 Å². The van der Waals surface area contributed by atoms with Crippen molar-refractivity contribution in [3.63, 3.8) is 0 Å². The molecule has 0 nitrogen and oxygen atoms in total. The summed E-state index contributed by atoms with van der Waals surface area (Å²) in [5.41, 5.74) is 2.96. The Morgan fingerprint density at radius 1 is 0.714 bits per heavy atom. The van der Waals surface area contributed by atoms with Gasteiger partial charge in [-0.1, -0.05) is 99.7 Å². The number of unbranched alkanes of at least 4 members (excludes halogenated alkanes) is 4. The van der Waals surface area contributed by atoms with Crippen molar-refractivity contribution in [1.82, 2.24) is 0 Å². The van der Waals surface area contributed by atoms with E-state index >= 15 is 0 Å². The highest BCUT2D eigenvalue weighted by atomic mass is 14.2. The minimum Gasteiger partial charge on any atom is -0.0654 e. The number of benzene rings is 2. The molecule has 0 fully saturated rings. The second-order valence-corrected chi connectivity index (χ2v) is 6.00. The lowest BCUT2D eigenvalue weighted by Crippen LogP contribution is -2.03. The quantitative estimate of drug-likeness (QED) is 0.468. The molecule has 0 heterocycles. The Kier molecular flexibility index (Phi) is 7.07. The van der Waals surface area contributed by atoms with Crippen LogP contribution in [0.4, 0.5) is 0 Å². The molecular formula is C21H28. The zero-order valence-corrected chi connectivity index (χ0v) is 13.3. The summed E-state index contributed by atoms with van der Waals surface area (Å²) >= 11 is 0. The van der Waals surface area contributed by atoms with Gasteiger partial charge in [0.25, 0.3) is 0 Å². The second kappa shape index (κ2) is 9.39. The van der Waals surface area contributed by atoms with E-state index in [1.54, 1.807) is 0 Å². The molecule has 0 aliphatic heterocycles. The van der Waals surface area contributed by atoms with Crippen molar-refractivity contribution < 1.29 is 0 Å². The summed E-state index contributed by atoms with van der Waals surface area (Å²) in [7, 11) is 0. The molecule has 0 radical (unpaired) electrons. The molecule has 0 aliphatic rings. The Morgan fingerprint density at radius 2 is 1.33 bits per heavy atom. The van der Waals surface area contributed by atoms with Crippen LogP contribution in [-0.4, -0.2) is 0 Å². The highest BCUT2D eigenvalue weighted by molar-refractivity contribution is 5.24. The van der Waals surface area contributed by atoms with Gasteiger partial charge in [-0.25, -0.2) is 0 Å².